The highest BCUT2D eigenvalue weighted by atomic mass is 16.3. The monoisotopic (exact) mass is 492 g/mol. The van der Waals surface area contributed by atoms with Crippen LogP contribution in [0.3, 0.4) is 0 Å². The quantitative estimate of drug-likeness (QED) is 0.243. The maximum absolute atomic E-state index is 6.35. The SMILES string of the molecule is CCCN(c1ccc2cc(-c3cc4c5ccccc5oc4c4ccccc34)ccc2c1)c1ccccc1N. The van der Waals surface area contributed by atoms with Crippen LogP contribution >= 0.6 is 0 Å². The van der Waals surface area contributed by atoms with E-state index < -0.39 is 0 Å². The van der Waals surface area contributed by atoms with Crippen LogP contribution in [0.2, 0.25) is 0 Å². The lowest BCUT2D eigenvalue weighted by molar-refractivity contribution is 0.672. The third-order valence-electron chi connectivity index (χ3n) is 7.51. The molecule has 7 rings (SSSR count). The fourth-order valence-corrected chi connectivity index (χ4v) is 5.70. The number of furan rings is 1. The van der Waals surface area contributed by atoms with Crippen LogP contribution in [-0.2, 0) is 0 Å². The van der Waals surface area contributed by atoms with E-state index in [1.807, 2.05) is 30.3 Å². The molecule has 0 atom stereocenters. The lowest BCUT2D eigenvalue weighted by Gasteiger charge is -2.26. The van der Waals surface area contributed by atoms with Crippen molar-refractivity contribution in [3.8, 4) is 11.1 Å². The van der Waals surface area contributed by atoms with E-state index >= 15 is 0 Å². The van der Waals surface area contributed by atoms with Gasteiger partial charge in [0.1, 0.15) is 11.2 Å². The van der Waals surface area contributed by atoms with E-state index in [2.05, 4.69) is 96.8 Å². The number of nitrogen functional groups attached to an aromatic ring is 1. The minimum atomic E-state index is 0.797. The molecule has 2 N–H and O–H groups in total. The molecule has 38 heavy (non-hydrogen) atoms. The molecule has 7 aromatic rings. The zero-order chi connectivity index (χ0) is 25.6. The van der Waals surface area contributed by atoms with Gasteiger partial charge in [-0.2, -0.15) is 0 Å². The minimum absolute atomic E-state index is 0.797. The molecule has 0 aliphatic heterocycles. The summed E-state index contributed by atoms with van der Waals surface area (Å²) in [7, 11) is 0. The molecule has 0 saturated heterocycles. The Kier molecular flexibility index (Phi) is 5.29. The van der Waals surface area contributed by atoms with E-state index in [9.17, 15) is 0 Å². The minimum Gasteiger partial charge on any atom is -0.455 e. The Morgan fingerprint density at radius 1 is 0.658 bits per heavy atom. The first-order valence-corrected chi connectivity index (χ1v) is 13.2. The van der Waals surface area contributed by atoms with Crippen molar-refractivity contribution in [1.82, 2.24) is 0 Å². The van der Waals surface area contributed by atoms with E-state index in [0.717, 1.165) is 57.4 Å². The summed E-state index contributed by atoms with van der Waals surface area (Å²) in [5.74, 6) is 0. The Bertz CT molecular complexity index is 1970. The van der Waals surface area contributed by atoms with Gasteiger partial charge in [0.25, 0.3) is 0 Å². The number of anilines is 3. The fraction of sp³-hybridized carbons (Fsp3) is 0.0857. The van der Waals surface area contributed by atoms with Crippen molar-refractivity contribution < 1.29 is 4.42 Å². The third kappa shape index (κ3) is 3.59. The summed E-state index contributed by atoms with van der Waals surface area (Å²) in [6.45, 7) is 3.10. The molecule has 0 aliphatic rings. The van der Waals surface area contributed by atoms with E-state index in [1.54, 1.807) is 0 Å². The molecular weight excluding hydrogens is 464 g/mol. The highest BCUT2D eigenvalue weighted by Gasteiger charge is 2.16. The summed E-state index contributed by atoms with van der Waals surface area (Å²) in [5.41, 5.74) is 13.6. The summed E-state index contributed by atoms with van der Waals surface area (Å²) in [4.78, 5) is 2.31. The van der Waals surface area contributed by atoms with Crippen LogP contribution in [0.5, 0.6) is 0 Å². The van der Waals surface area contributed by atoms with Crippen LogP contribution in [0.1, 0.15) is 13.3 Å². The molecule has 0 bridgehead atoms. The number of hydrogen-bond donors (Lipinski definition) is 1. The summed E-state index contributed by atoms with van der Waals surface area (Å²) in [6, 6.07) is 40.7. The van der Waals surface area contributed by atoms with E-state index in [1.165, 1.54) is 27.3 Å². The lowest BCUT2D eigenvalue weighted by Crippen LogP contribution is -2.19. The number of nitrogens with zero attached hydrogens (tertiary/aromatic N) is 1. The molecule has 1 heterocycles. The van der Waals surface area contributed by atoms with Crippen LogP contribution in [0, 0.1) is 0 Å². The Hall–Kier alpha value is -4.76. The summed E-state index contributed by atoms with van der Waals surface area (Å²) in [6.07, 6.45) is 1.03. The molecule has 184 valence electrons. The predicted molar refractivity (Wildman–Crippen MR) is 162 cm³/mol. The molecule has 0 amide bonds. The van der Waals surface area contributed by atoms with Gasteiger partial charge in [-0.3, -0.25) is 0 Å². The van der Waals surface area contributed by atoms with Crippen LogP contribution in [0.4, 0.5) is 17.1 Å². The normalized spacial score (nSPS) is 11.6. The molecule has 1 aromatic heterocycles. The van der Waals surface area contributed by atoms with E-state index in [0.29, 0.717) is 0 Å². The first-order valence-electron chi connectivity index (χ1n) is 13.2. The summed E-state index contributed by atoms with van der Waals surface area (Å²) >= 11 is 0. The van der Waals surface area contributed by atoms with Gasteiger partial charge in [-0.05, 0) is 76.2 Å². The average Bonchev–Trinajstić information content (AvgIpc) is 3.34. The van der Waals surface area contributed by atoms with Gasteiger partial charge in [-0.15, -0.1) is 0 Å². The van der Waals surface area contributed by atoms with E-state index in [4.69, 9.17) is 10.2 Å². The largest absolute Gasteiger partial charge is 0.455 e. The van der Waals surface area contributed by atoms with Crippen LogP contribution in [0.25, 0.3) is 54.6 Å². The summed E-state index contributed by atoms with van der Waals surface area (Å²) < 4.78 is 6.31. The van der Waals surface area contributed by atoms with Gasteiger partial charge in [0.15, 0.2) is 0 Å². The number of rotatable bonds is 5. The van der Waals surface area contributed by atoms with Gasteiger partial charge < -0.3 is 15.1 Å². The van der Waals surface area contributed by atoms with Gasteiger partial charge in [-0.25, -0.2) is 0 Å². The van der Waals surface area contributed by atoms with E-state index in [-0.39, 0.29) is 0 Å². The number of fused-ring (bicyclic) bond motifs is 6. The number of para-hydroxylation sites is 3. The molecule has 0 aliphatic carbocycles. The molecule has 3 nitrogen and oxygen atoms in total. The Labute approximate surface area is 221 Å². The molecule has 0 saturated carbocycles. The Morgan fingerprint density at radius 3 is 2.21 bits per heavy atom. The standard InChI is InChI=1S/C35H28N2O/c1-2-19-37(33-13-7-6-12-32(33)36)26-18-17-23-20-25(16-15-24(23)21-26)30-22-31-28-10-5-8-14-34(28)38-35(31)29-11-4-3-9-27(29)30/h3-18,20-22H,2,19,36H2,1H3. The molecule has 0 unspecified atom stereocenters. The summed E-state index contributed by atoms with van der Waals surface area (Å²) in [5, 5.41) is 7.06. The predicted octanol–water partition coefficient (Wildman–Crippen LogP) is 9.69. The van der Waals surface area contributed by atoms with Crippen LogP contribution in [0.15, 0.2) is 120 Å². The molecule has 3 heteroatoms. The van der Waals surface area contributed by atoms with Crippen molar-refractivity contribution in [3.05, 3.63) is 115 Å². The zero-order valence-corrected chi connectivity index (χ0v) is 21.3. The second-order valence-electron chi connectivity index (χ2n) is 9.90. The maximum Gasteiger partial charge on any atom is 0.143 e. The van der Waals surface area contributed by atoms with Gasteiger partial charge in [0, 0.05) is 28.4 Å². The van der Waals surface area contributed by atoms with Crippen molar-refractivity contribution in [2.24, 2.45) is 0 Å². The van der Waals surface area contributed by atoms with Gasteiger partial charge >= 0.3 is 0 Å². The molecule has 0 spiro atoms. The first-order chi connectivity index (χ1) is 18.7. The number of hydrogen-bond acceptors (Lipinski definition) is 3. The van der Waals surface area contributed by atoms with Crippen molar-refractivity contribution in [3.63, 3.8) is 0 Å². The van der Waals surface area contributed by atoms with Crippen molar-refractivity contribution in [1.29, 1.82) is 0 Å². The molecular formula is C35H28N2O. The van der Waals surface area contributed by atoms with Crippen molar-refractivity contribution in [2.45, 2.75) is 13.3 Å². The molecule has 6 aromatic carbocycles. The maximum atomic E-state index is 6.35. The Morgan fingerprint density at radius 2 is 1.37 bits per heavy atom. The van der Waals surface area contributed by atoms with Gasteiger partial charge in [-0.1, -0.05) is 79.7 Å². The molecule has 0 fully saturated rings. The number of nitrogens with two attached hydrogens (primary N) is 1. The second-order valence-corrected chi connectivity index (χ2v) is 9.90. The lowest BCUT2D eigenvalue weighted by atomic mass is 9.94. The smallest absolute Gasteiger partial charge is 0.143 e. The Balaban J connectivity index is 1.38. The van der Waals surface area contributed by atoms with Crippen molar-refractivity contribution in [2.75, 3.05) is 17.2 Å². The number of benzene rings is 6. The average molecular weight is 493 g/mol. The topological polar surface area (TPSA) is 42.4 Å². The molecule has 0 radical (unpaired) electrons. The van der Waals surface area contributed by atoms with Gasteiger partial charge in [0.2, 0.25) is 0 Å². The first kappa shape index (κ1) is 22.4. The third-order valence-corrected chi connectivity index (χ3v) is 7.51. The van der Waals surface area contributed by atoms with Crippen molar-refractivity contribution >= 4 is 60.5 Å². The second kappa shape index (κ2) is 8.97. The van der Waals surface area contributed by atoms with Crippen LogP contribution < -0.4 is 10.6 Å². The zero-order valence-electron chi connectivity index (χ0n) is 21.3. The highest BCUT2D eigenvalue weighted by molar-refractivity contribution is 6.19. The van der Waals surface area contributed by atoms with Gasteiger partial charge in [0.05, 0.1) is 11.4 Å². The highest BCUT2D eigenvalue weighted by Crippen LogP contribution is 2.40. The fourth-order valence-electron chi connectivity index (χ4n) is 5.70. The van der Waals surface area contributed by atoms with Crippen LogP contribution in [-0.4, -0.2) is 6.54 Å².